The number of hydrogen-bond donors (Lipinski definition) is 0. The van der Waals surface area contributed by atoms with Crippen molar-refractivity contribution in [2.75, 3.05) is 20.7 Å². The third-order valence-electron chi connectivity index (χ3n) is 3.23. The molecule has 0 N–H and O–H groups in total. The number of carbonyl (C=O) groups excluding carboxylic acids is 1. The van der Waals surface area contributed by atoms with Gasteiger partial charge in [-0.25, -0.2) is 0 Å². The minimum absolute atomic E-state index is 0.00703. The molecule has 110 valence electrons. The number of benzene rings is 1. The van der Waals surface area contributed by atoms with Gasteiger partial charge >= 0.3 is 0 Å². The molecule has 0 aliphatic rings. The fourth-order valence-electron chi connectivity index (χ4n) is 1.97. The van der Waals surface area contributed by atoms with Gasteiger partial charge in [-0.15, -0.1) is 0 Å². The van der Waals surface area contributed by atoms with Gasteiger partial charge in [0, 0.05) is 31.5 Å². The standard InChI is InChI=1S/C16H17BrN2O2/c1-19(10-7-12-5-8-18-9-6-12)16(20)13-3-4-15(21-2)14(17)11-13/h3-6,8-9,11H,7,10H2,1-2H3. The molecule has 0 saturated heterocycles. The summed E-state index contributed by atoms with van der Waals surface area (Å²) >= 11 is 3.40. The number of rotatable bonds is 5. The van der Waals surface area contributed by atoms with Gasteiger partial charge in [0.15, 0.2) is 0 Å². The van der Waals surface area contributed by atoms with E-state index in [-0.39, 0.29) is 5.91 Å². The molecule has 0 fully saturated rings. The molecule has 0 aliphatic heterocycles. The van der Waals surface area contributed by atoms with Gasteiger partial charge in [-0.3, -0.25) is 9.78 Å². The fraction of sp³-hybridized carbons (Fsp3) is 0.250. The molecule has 1 aromatic heterocycles. The average Bonchev–Trinajstić information content (AvgIpc) is 2.52. The second kappa shape index (κ2) is 7.22. The second-order valence-corrected chi connectivity index (χ2v) is 5.54. The van der Waals surface area contributed by atoms with Crippen molar-refractivity contribution in [1.82, 2.24) is 9.88 Å². The lowest BCUT2D eigenvalue weighted by molar-refractivity contribution is 0.0796. The highest BCUT2D eigenvalue weighted by Gasteiger charge is 2.13. The zero-order valence-corrected chi connectivity index (χ0v) is 13.6. The largest absolute Gasteiger partial charge is 0.496 e. The molecule has 0 radical (unpaired) electrons. The molecule has 0 atom stereocenters. The van der Waals surface area contributed by atoms with Crippen LogP contribution in [0.15, 0.2) is 47.2 Å². The van der Waals surface area contributed by atoms with Crippen molar-refractivity contribution in [2.45, 2.75) is 6.42 Å². The van der Waals surface area contributed by atoms with Crippen LogP contribution in [0.25, 0.3) is 0 Å². The number of methoxy groups -OCH3 is 1. The van der Waals surface area contributed by atoms with E-state index in [1.807, 2.05) is 19.2 Å². The summed E-state index contributed by atoms with van der Waals surface area (Å²) in [5.74, 6) is 0.707. The van der Waals surface area contributed by atoms with E-state index in [1.54, 1.807) is 42.6 Å². The van der Waals surface area contributed by atoms with Gasteiger partial charge in [0.1, 0.15) is 5.75 Å². The molecule has 4 nitrogen and oxygen atoms in total. The highest BCUT2D eigenvalue weighted by atomic mass is 79.9. The molecule has 1 aromatic carbocycles. The number of amides is 1. The topological polar surface area (TPSA) is 42.4 Å². The maximum atomic E-state index is 12.4. The zero-order valence-electron chi connectivity index (χ0n) is 12.0. The number of likely N-dealkylation sites (N-methyl/N-ethyl adjacent to an activating group) is 1. The van der Waals surface area contributed by atoms with Crippen molar-refractivity contribution in [3.05, 3.63) is 58.3 Å². The monoisotopic (exact) mass is 348 g/mol. The Kier molecular flexibility index (Phi) is 5.33. The number of hydrogen-bond acceptors (Lipinski definition) is 3. The van der Waals surface area contributed by atoms with Crippen LogP contribution < -0.4 is 4.74 Å². The molecule has 1 amide bonds. The van der Waals surface area contributed by atoms with Crippen LogP contribution in [-0.2, 0) is 6.42 Å². The van der Waals surface area contributed by atoms with Gasteiger partial charge in [-0.2, -0.15) is 0 Å². The Bertz CT molecular complexity index is 617. The molecular weight excluding hydrogens is 332 g/mol. The number of aromatic nitrogens is 1. The number of halogens is 1. The SMILES string of the molecule is COc1ccc(C(=O)N(C)CCc2ccncc2)cc1Br. The van der Waals surface area contributed by atoms with Gasteiger partial charge in [0.2, 0.25) is 0 Å². The van der Waals surface area contributed by atoms with E-state index < -0.39 is 0 Å². The van der Waals surface area contributed by atoms with Gasteiger partial charge in [0.25, 0.3) is 5.91 Å². The Morgan fingerprint density at radius 1 is 1.29 bits per heavy atom. The van der Waals surface area contributed by atoms with Crippen LogP contribution in [0.4, 0.5) is 0 Å². The Balaban J connectivity index is 2.00. The van der Waals surface area contributed by atoms with E-state index in [0.717, 1.165) is 10.9 Å². The maximum absolute atomic E-state index is 12.4. The lowest BCUT2D eigenvalue weighted by Gasteiger charge is -2.17. The summed E-state index contributed by atoms with van der Waals surface area (Å²) in [6.07, 6.45) is 4.33. The van der Waals surface area contributed by atoms with E-state index in [9.17, 15) is 4.79 Å². The third kappa shape index (κ3) is 4.04. The Labute approximate surface area is 132 Å². The predicted octanol–water partition coefficient (Wildman–Crippen LogP) is 3.17. The van der Waals surface area contributed by atoms with Crippen molar-refractivity contribution >= 4 is 21.8 Å². The van der Waals surface area contributed by atoms with Crippen molar-refractivity contribution in [1.29, 1.82) is 0 Å². The second-order valence-electron chi connectivity index (χ2n) is 4.68. The lowest BCUT2D eigenvalue weighted by atomic mass is 10.1. The number of ether oxygens (including phenoxy) is 1. The third-order valence-corrected chi connectivity index (χ3v) is 3.85. The fourth-order valence-corrected chi connectivity index (χ4v) is 2.51. The Hall–Kier alpha value is -1.88. The quantitative estimate of drug-likeness (QED) is 0.833. The summed E-state index contributed by atoms with van der Waals surface area (Å²) in [4.78, 5) is 18.1. The van der Waals surface area contributed by atoms with Crippen LogP contribution in [0.3, 0.4) is 0 Å². The van der Waals surface area contributed by atoms with Crippen molar-refractivity contribution in [3.8, 4) is 5.75 Å². The first kappa shape index (κ1) is 15.5. The number of carbonyl (C=O) groups is 1. The Morgan fingerprint density at radius 3 is 2.62 bits per heavy atom. The average molecular weight is 349 g/mol. The first-order valence-corrected chi connectivity index (χ1v) is 7.39. The summed E-state index contributed by atoms with van der Waals surface area (Å²) in [5.41, 5.74) is 1.81. The molecule has 5 heteroatoms. The lowest BCUT2D eigenvalue weighted by Crippen LogP contribution is -2.28. The van der Waals surface area contributed by atoms with Crippen LogP contribution >= 0.6 is 15.9 Å². The summed E-state index contributed by atoms with van der Waals surface area (Å²) in [6, 6.07) is 9.26. The van der Waals surface area contributed by atoms with Crippen LogP contribution in [0.1, 0.15) is 15.9 Å². The van der Waals surface area contributed by atoms with E-state index in [0.29, 0.717) is 17.9 Å². The molecule has 21 heavy (non-hydrogen) atoms. The molecular formula is C16H17BrN2O2. The summed E-state index contributed by atoms with van der Waals surface area (Å²) in [5, 5.41) is 0. The molecule has 1 heterocycles. The van der Waals surface area contributed by atoms with Gasteiger partial charge in [-0.05, 0) is 58.2 Å². The minimum atomic E-state index is -0.00703. The van der Waals surface area contributed by atoms with Gasteiger partial charge in [0.05, 0.1) is 11.6 Å². The summed E-state index contributed by atoms with van der Waals surface area (Å²) in [7, 11) is 3.41. The van der Waals surface area contributed by atoms with Crippen LogP contribution in [0.2, 0.25) is 0 Å². The number of pyridine rings is 1. The molecule has 2 rings (SSSR count). The van der Waals surface area contributed by atoms with Crippen LogP contribution in [-0.4, -0.2) is 36.5 Å². The highest BCUT2D eigenvalue weighted by Crippen LogP contribution is 2.25. The van der Waals surface area contributed by atoms with E-state index in [2.05, 4.69) is 20.9 Å². The van der Waals surface area contributed by atoms with E-state index >= 15 is 0 Å². The first-order chi connectivity index (χ1) is 10.1. The normalized spacial score (nSPS) is 10.2. The number of nitrogens with zero attached hydrogens (tertiary/aromatic N) is 2. The highest BCUT2D eigenvalue weighted by molar-refractivity contribution is 9.10. The molecule has 0 spiro atoms. The molecule has 0 unspecified atom stereocenters. The first-order valence-electron chi connectivity index (χ1n) is 6.59. The summed E-state index contributed by atoms with van der Waals surface area (Å²) in [6.45, 7) is 0.659. The molecule has 0 bridgehead atoms. The van der Waals surface area contributed by atoms with Crippen molar-refractivity contribution < 1.29 is 9.53 Å². The zero-order chi connectivity index (χ0) is 15.2. The molecule has 0 saturated carbocycles. The Morgan fingerprint density at radius 2 is 2.00 bits per heavy atom. The molecule has 0 aliphatic carbocycles. The predicted molar refractivity (Wildman–Crippen MR) is 85.6 cm³/mol. The van der Waals surface area contributed by atoms with Gasteiger partial charge < -0.3 is 9.64 Å². The van der Waals surface area contributed by atoms with Gasteiger partial charge in [-0.1, -0.05) is 0 Å². The van der Waals surface area contributed by atoms with Crippen molar-refractivity contribution in [2.24, 2.45) is 0 Å². The van der Waals surface area contributed by atoms with Crippen molar-refractivity contribution in [3.63, 3.8) is 0 Å². The van der Waals surface area contributed by atoms with Crippen LogP contribution in [0.5, 0.6) is 5.75 Å². The van der Waals surface area contributed by atoms with E-state index in [1.165, 1.54) is 5.56 Å². The minimum Gasteiger partial charge on any atom is -0.496 e. The maximum Gasteiger partial charge on any atom is 0.253 e. The smallest absolute Gasteiger partial charge is 0.253 e. The van der Waals surface area contributed by atoms with E-state index in [4.69, 9.17) is 4.74 Å². The molecule has 2 aromatic rings. The van der Waals surface area contributed by atoms with Crippen LogP contribution in [0, 0.1) is 0 Å². The summed E-state index contributed by atoms with van der Waals surface area (Å²) < 4.78 is 5.94.